The third-order valence-corrected chi connectivity index (χ3v) is 4.99. The monoisotopic (exact) mass is 449 g/mol. The topological polar surface area (TPSA) is 158 Å². The zero-order valence-corrected chi connectivity index (χ0v) is 17.3. The van der Waals surface area contributed by atoms with Gasteiger partial charge in [-0.25, -0.2) is 14.6 Å². The quantitative estimate of drug-likeness (QED) is 0.351. The molecule has 0 saturated carbocycles. The highest BCUT2D eigenvalue weighted by molar-refractivity contribution is 7.99. The fraction of sp³-hybridized carbons (Fsp3) is 0.200. The van der Waals surface area contributed by atoms with Crippen molar-refractivity contribution in [1.82, 2.24) is 4.98 Å². The van der Waals surface area contributed by atoms with Crippen LogP contribution in [0.2, 0.25) is 5.02 Å². The number of aromatic nitrogens is 1. The third kappa shape index (κ3) is 9.54. The first-order valence-electron chi connectivity index (χ1n) is 8.54. The Balaban J connectivity index is 0.000000479. The molecule has 0 aliphatic rings. The number of aliphatic hydroxyl groups is 1. The largest absolute Gasteiger partial charge is 0.478 e. The number of carboxylic acid groups (broad SMARTS) is 2. The predicted octanol–water partition coefficient (Wildman–Crippen LogP) is 2.86. The molecule has 0 saturated heterocycles. The van der Waals surface area contributed by atoms with E-state index >= 15 is 0 Å². The van der Waals surface area contributed by atoms with Crippen molar-refractivity contribution in [3.63, 3.8) is 0 Å². The van der Waals surface area contributed by atoms with Crippen LogP contribution in [0.4, 0.5) is 0 Å². The van der Waals surface area contributed by atoms with Gasteiger partial charge in [0.1, 0.15) is 11.1 Å². The summed E-state index contributed by atoms with van der Waals surface area (Å²) in [4.78, 5) is 23.4. The van der Waals surface area contributed by atoms with Gasteiger partial charge in [-0.15, -0.1) is 0 Å². The van der Waals surface area contributed by atoms with E-state index in [4.69, 9.17) is 27.5 Å². The van der Waals surface area contributed by atoms with Crippen molar-refractivity contribution in [1.29, 1.82) is 5.26 Å². The minimum atomic E-state index is -1.26. The SMILES string of the molecule is N#Cc1cc(Cl)cnc1S[C@H](C[C@H](N)CO)c1ccccc1.O=C(O)/C=C/C(=O)O. The molecule has 0 aliphatic carbocycles. The van der Waals surface area contributed by atoms with Crippen molar-refractivity contribution >= 4 is 35.3 Å². The fourth-order valence-corrected chi connectivity index (χ4v) is 3.56. The molecule has 1 aromatic heterocycles. The van der Waals surface area contributed by atoms with Crippen LogP contribution in [0.25, 0.3) is 0 Å². The molecule has 158 valence electrons. The minimum Gasteiger partial charge on any atom is -0.478 e. The number of carboxylic acids is 2. The lowest BCUT2D eigenvalue weighted by atomic mass is 10.1. The average Bonchev–Trinajstić information content (AvgIpc) is 2.73. The number of thioether (sulfide) groups is 1. The van der Waals surface area contributed by atoms with Gasteiger partial charge in [-0.3, -0.25) is 0 Å². The van der Waals surface area contributed by atoms with Gasteiger partial charge in [-0.1, -0.05) is 53.7 Å². The second kappa shape index (κ2) is 13.3. The number of nitrogens with two attached hydrogens (primary N) is 1. The molecule has 0 unspecified atom stereocenters. The van der Waals surface area contributed by atoms with E-state index in [2.05, 4.69) is 11.1 Å². The summed E-state index contributed by atoms with van der Waals surface area (Å²) in [5, 5.41) is 35.1. The van der Waals surface area contributed by atoms with Crippen LogP contribution >= 0.6 is 23.4 Å². The number of aliphatic hydroxyl groups excluding tert-OH is 1. The van der Waals surface area contributed by atoms with E-state index in [-0.39, 0.29) is 17.9 Å². The van der Waals surface area contributed by atoms with Crippen LogP contribution in [-0.4, -0.2) is 44.9 Å². The van der Waals surface area contributed by atoms with Crippen molar-refractivity contribution < 1.29 is 24.9 Å². The Bertz CT molecular complexity index is 902. The molecule has 8 nitrogen and oxygen atoms in total. The normalized spacial score (nSPS) is 12.3. The number of hydrogen-bond donors (Lipinski definition) is 4. The molecule has 1 aromatic carbocycles. The standard InChI is InChI=1S/C16H16ClN3OS.C4H4O4/c17-13-6-12(8-18)16(20-9-13)22-15(7-14(19)10-21)11-4-2-1-3-5-11;5-3(6)1-2-4(7)8/h1-6,9,14-15,21H,7,10,19H2;1-2H,(H,5,6)(H,7,8)/b;2-1+/t14-,15+;/m0./s1. The molecule has 0 amide bonds. The fourth-order valence-electron chi connectivity index (χ4n) is 2.15. The van der Waals surface area contributed by atoms with Crippen molar-refractivity contribution in [2.75, 3.05) is 6.61 Å². The average molecular weight is 450 g/mol. The number of nitriles is 1. The highest BCUT2D eigenvalue weighted by atomic mass is 35.5. The third-order valence-electron chi connectivity index (χ3n) is 3.48. The molecule has 10 heteroatoms. The van der Waals surface area contributed by atoms with Crippen LogP contribution in [0.5, 0.6) is 0 Å². The number of carbonyl (C=O) groups is 2. The molecule has 2 aromatic rings. The van der Waals surface area contributed by atoms with E-state index in [1.165, 1.54) is 18.0 Å². The summed E-state index contributed by atoms with van der Waals surface area (Å²) in [5.41, 5.74) is 7.41. The van der Waals surface area contributed by atoms with E-state index in [0.717, 1.165) is 5.56 Å². The van der Waals surface area contributed by atoms with Gasteiger partial charge in [0, 0.05) is 29.6 Å². The van der Waals surface area contributed by atoms with Gasteiger partial charge in [0.15, 0.2) is 0 Å². The van der Waals surface area contributed by atoms with Gasteiger partial charge in [0.2, 0.25) is 0 Å². The van der Waals surface area contributed by atoms with Crippen molar-refractivity contribution in [2.24, 2.45) is 5.73 Å². The molecule has 1 heterocycles. The van der Waals surface area contributed by atoms with Crippen molar-refractivity contribution in [3.8, 4) is 6.07 Å². The van der Waals surface area contributed by atoms with Gasteiger partial charge < -0.3 is 21.1 Å². The van der Waals surface area contributed by atoms with Gasteiger partial charge in [-0.05, 0) is 18.1 Å². The molecule has 2 rings (SSSR count). The number of nitrogens with zero attached hydrogens (tertiary/aromatic N) is 2. The zero-order chi connectivity index (χ0) is 22.5. The summed E-state index contributed by atoms with van der Waals surface area (Å²) in [6, 6.07) is 13.2. The first-order chi connectivity index (χ1) is 14.3. The smallest absolute Gasteiger partial charge is 0.328 e. The minimum absolute atomic E-state index is 0.00382. The lowest BCUT2D eigenvalue weighted by Gasteiger charge is -2.20. The summed E-state index contributed by atoms with van der Waals surface area (Å²) in [5.74, 6) is -2.51. The van der Waals surface area contributed by atoms with Crippen molar-refractivity contribution in [3.05, 3.63) is 70.9 Å². The van der Waals surface area contributed by atoms with Crippen LogP contribution in [0.15, 0.2) is 59.8 Å². The lowest BCUT2D eigenvalue weighted by molar-refractivity contribution is -0.134. The number of hydrogen-bond acceptors (Lipinski definition) is 7. The van der Waals surface area contributed by atoms with Crippen molar-refractivity contribution in [2.45, 2.75) is 22.7 Å². The Morgan fingerprint density at radius 3 is 2.33 bits per heavy atom. The number of benzene rings is 1. The maximum absolute atomic E-state index is 9.55. The molecule has 0 bridgehead atoms. The molecular weight excluding hydrogens is 430 g/mol. The number of aliphatic carboxylic acids is 2. The molecule has 5 N–H and O–H groups in total. The number of rotatable bonds is 8. The second-order valence-corrected chi connectivity index (χ2v) is 7.45. The van der Waals surface area contributed by atoms with E-state index in [1.54, 1.807) is 6.07 Å². The number of pyridine rings is 1. The molecule has 0 aliphatic heterocycles. The second-order valence-electron chi connectivity index (χ2n) is 5.82. The first kappa shape index (κ1) is 25.1. The summed E-state index contributed by atoms with van der Waals surface area (Å²) in [7, 11) is 0. The highest BCUT2D eigenvalue weighted by Gasteiger charge is 2.19. The van der Waals surface area contributed by atoms with Crippen LogP contribution in [0, 0.1) is 11.3 Å². The number of halogens is 1. The van der Waals surface area contributed by atoms with Gasteiger partial charge in [0.25, 0.3) is 0 Å². The van der Waals surface area contributed by atoms with E-state index in [9.17, 15) is 20.0 Å². The Morgan fingerprint density at radius 1 is 1.23 bits per heavy atom. The lowest BCUT2D eigenvalue weighted by Crippen LogP contribution is -2.26. The summed E-state index contributed by atoms with van der Waals surface area (Å²) >= 11 is 7.34. The molecule has 30 heavy (non-hydrogen) atoms. The summed E-state index contributed by atoms with van der Waals surface area (Å²) in [6.07, 6.45) is 3.23. The van der Waals surface area contributed by atoms with Crippen LogP contribution in [-0.2, 0) is 9.59 Å². The van der Waals surface area contributed by atoms with Crippen LogP contribution in [0.3, 0.4) is 0 Å². The molecule has 0 spiro atoms. The maximum Gasteiger partial charge on any atom is 0.328 e. The van der Waals surface area contributed by atoms with E-state index in [1.807, 2.05) is 30.3 Å². The van der Waals surface area contributed by atoms with E-state index < -0.39 is 11.9 Å². The van der Waals surface area contributed by atoms with Gasteiger partial charge >= 0.3 is 11.9 Å². The Kier molecular flexibility index (Phi) is 11.2. The van der Waals surface area contributed by atoms with Gasteiger partial charge in [0.05, 0.1) is 17.2 Å². The molecule has 0 radical (unpaired) electrons. The van der Waals surface area contributed by atoms with Crippen LogP contribution < -0.4 is 5.73 Å². The zero-order valence-electron chi connectivity index (χ0n) is 15.7. The van der Waals surface area contributed by atoms with Gasteiger partial charge in [-0.2, -0.15) is 5.26 Å². The molecule has 2 atom stereocenters. The highest BCUT2D eigenvalue weighted by Crippen LogP contribution is 2.39. The summed E-state index contributed by atoms with van der Waals surface area (Å²) in [6.45, 7) is -0.0803. The Labute approximate surface area is 182 Å². The van der Waals surface area contributed by atoms with Crippen LogP contribution in [0.1, 0.15) is 22.8 Å². The Morgan fingerprint density at radius 2 is 1.83 bits per heavy atom. The Hall–Kier alpha value is -2.90. The van der Waals surface area contributed by atoms with E-state index in [0.29, 0.717) is 34.2 Å². The predicted molar refractivity (Wildman–Crippen MR) is 113 cm³/mol. The molecular formula is C20H20ClN3O5S. The first-order valence-corrected chi connectivity index (χ1v) is 9.80. The summed E-state index contributed by atoms with van der Waals surface area (Å²) < 4.78 is 0. The molecule has 0 fully saturated rings. The maximum atomic E-state index is 9.55.